The van der Waals surface area contributed by atoms with Crippen molar-refractivity contribution in [3.05, 3.63) is 11.9 Å². The minimum atomic E-state index is -0.0263. The number of rotatable bonds is 4. The summed E-state index contributed by atoms with van der Waals surface area (Å²) in [6, 6.07) is 0. The van der Waals surface area contributed by atoms with E-state index in [-0.39, 0.29) is 5.54 Å². The van der Waals surface area contributed by atoms with E-state index < -0.39 is 0 Å². The molecule has 2 N–H and O–H groups in total. The van der Waals surface area contributed by atoms with Gasteiger partial charge in [0.05, 0.1) is 12.1 Å². The average molecular weight is 250 g/mol. The number of nitrogens with zero attached hydrogens (tertiary/aromatic N) is 2. The third kappa shape index (κ3) is 2.72. The second-order valence-corrected chi connectivity index (χ2v) is 4.99. The molecular weight excluding hydrogens is 228 g/mol. The van der Waals surface area contributed by atoms with Crippen LogP contribution in [0, 0.1) is 0 Å². The van der Waals surface area contributed by atoms with Gasteiger partial charge in [0.15, 0.2) is 0 Å². The quantitative estimate of drug-likeness (QED) is 0.856. The van der Waals surface area contributed by atoms with E-state index in [9.17, 15) is 0 Å². The van der Waals surface area contributed by atoms with Crippen molar-refractivity contribution in [3.63, 3.8) is 0 Å². The molecule has 0 spiro atoms. The molecule has 1 saturated heterocycles. The summed E-state index contributed by atoms with van der Waals surface area (Å²) in [5, 5.41) is 6.65. The Hall–Kier alpha value is -1.36. The average Bonchev–Trinajstić information content (AvgIpc) is 2.38. The fourth-order valence-electron chi connectivity index (χ4n) is 2.39. The van der Waals surface area contributed by atoms with E-state index in [1.807, 2.05) is 7.05 Å². The van der Waals surface area contributed by atoms with Gasteiger partial charge in [-0.3, -0.25) is 0 Å². The molecule has 18 heavy (non-hydrogen) atoms. The zero-order chi connectivity index (χ0) is 13.0. The number of hydrogen-bond donors (Lipinski definition) is 2. The second-order valence-electron chi connectivity index (χ2n) is 4.99. The predicted molar refractivity (Wildman–Crippen MR) is 73.0 cm³/mol. The molecule has 2 rings (SSSR count). The lowest BCUT2D eigenvalue weighted by Crippen LogP contribution is -2.43. The maximum Gasteiger partial charge on any atom is 0.135 e. The highest BCUT2D eigenvalue weighted by Crippen LogP contribution is 2.27. The van der Waals surface area contributed by atoms with E-state index in [0.717, 1.165) is 49.7 Å². The van der Waals surface area contributed by atoms with Gasteiger partial charge in [-0.15, -0.1) is 0 Å². The fraction of sp³-hybridized carbons (Fsp3) is 0.692. The molecule has 0 saturated carbocycles. The zero-order valence-electron chi connectivity index (χ0n) is 11.4. The number of anilines is 2. The van der Waals surface area contributed by atoms with Crippen molar-refractivity contribution in [2.75, 3.05) is 30.9 Å². The van der Waals surface area contributed by atoms with Crippen molar-refractivity contribution >= 4 is 11.6 Å². The minimum absolute atomic E-state index is 0.0263. The van der Waals surface area contributed by atoms with Gasteiger partial charge in [0.1, 0.15) is 18.0 Å². The van der Waals surface area contributed by atoms with Gasteiger partial charge in [-0.25, -0.2) is 9.97 Å². The largest absolute Gasteiger partial charge is 0.379 e. The maximum atomic E-state index is 5.57. The predicted octanol–water partition coefficient (Wildman–Crippen LogP) is 2.06. The highest BCUT2D eigenvalue weighted by molar-refractivity contribution is 5.58. The monoisotopic (exact) mass is 250 g/mol. The Morgan fingerprint density at radius 1 is 1.39 bits per heavy atom. The molecule has 1 unspecified atom stereocenters. The highest BCUT2D eigenvalue weighted by atomic mass is 16.5. The van der Waals surface area contributed by atoms with E-state index in [0.29, 0.717) is 0 Å². The number of aromatic nitrogens is 2. The zero-order valence-corrected chi connectivity index (χ0v) is 11.4. The molecule has 1 aliphatic heterocycles. The lowest BCUT2D eigenvalue weighted by molar-refractivity contribution is 0.0538. The van der Waals surface area contributed by atoms with E-state index in [1.54, 1.807) is 6.33 Å². The van der Waals surface area contributed by atoms with Crippen molar-refractivity contribution < 1.29 is 4.74 Å². The molecule has 100 valence electrons. The van der Waals surface area contributed by atoms with E-state index >= 15 is 0 Å². The first-order valence-electron chi connectivity index (χ1n) is 6.56. The molecule has 1 atom stereocenters. The van der Waals surface area contributed by atoms with Gasteiger partial charge in [-0.2, -0.15) is 0 Å². The summed E-state index contributed by atoms with van der Waals surface area (Å²) in [6.07, 6.45) is 4.70. The van der Waals surface area contributed by atoms with Gasteiger partial charge in [-0.05, 0) is 26.2 Å². The van der Waals surface area contributed by atoms with Crippen molar-refractivity contribution in [2.24, 2.45) is 0 Å². The molecule has 0 aromatic carbocycles. The Kier molecular flexibility index (Phi) is 4.01. The van der Waals surface area contributed by atoms with Crippen LogP contribution in [0.25, 0.3) is 0 Å². The molecule has 0 aliphatic carbocycles. The molecule has 2 heterocycles. The minimum Gasteiger partial charge on any atom is -0.379 e. The van der Waals surface area contributed by atoms with Gasteiger partial charge in [0.25, 0.3) is 0 Å². The maximum absolute atomic E-state index is 5.57. The third-order valence-corrected chi connectivity index (χ3v) is 3.39. The molecule has 1 aromatic rings. The number of hydrogen-bond acceptors (Lipinski definition) is 5. The van der Waals surface area contributed by atoms with Crippen LogP contribution in [0.2, 0.25) is 0 Å². The van der Waals surface area contributed by atoms with Crippen molar-refractivity contribution in [1.29, 1.82) is 0 Å². The molecule has 1 aliphatic rings. The first kappa shape index (κ1) is 13.1. The molecule has 1 fully saturated rings. The van der Waals surface area contributed by atoms with Crippen LogP contribution in [0.4, 0.5) is 11.6 Å². The SMILES string of the molecule is CCc1c(NC)ncnc1NC1(C)CCCOC1. The Morgan fingerprint density at radius 2 is 2.17 bits per heavy atom. The van der Waals surface area contributed by atoms with Crippen LogP contribution < -0.4 is 10.6 Å². The second kappa shape index (κ2) is 5.52. The van der Waals surface area contributed by atoms with Gasteiger partial charge in [0, 0.05) is 19.2 Å². The van der Waals surface area contributed by atoms with Crippen LogP contribution >= 0.6 is 0 Å². The molecule has 5 nitrogen and oxygen atoms in total. The normalized spacial score (nSPS) is 23.7. The summed E-state index contributed by atoms with van der Waals surface area (Å²) >= 11 is 0. The molecule has 0 amide bonds. The molecule has 1 aromatic heterocycles. The van der Waals surface area contributed by atoms with Crippen LogP contribution in [0.5, 0.6) is 0 Å². The molecular formula is C13H22N4O. The van der Waals surface area contributed by atoms with E-state index in [1.165, 1.54) is 0 Å². The van der Waals surface area contributed by atoms with E-state index in [4.69, 9.17) is 4.74 Å². The summed E-state index contributed by atoms with van der Waals surface area (Å²) in [5.41, 5.74) is 1.11. The van der Waals surface area contributed by atoms with Crippen LogP contribution in [0.3, 0.4) is 0 Å². The van der Waals surface area contributed by atoms with Crippen LogP contribution in [-0.4, -0.2) is 35.8 Å². The van der Waals surface area contributed by atoms with Gasteiger partial charge >= 0.3 is 0 Å². The Morgan fingerprint density at radius 3 is 2.78 bits per heavy atom. The fourth-order valence-corrected chi connectivity index (χ4v) is 2.39. The Labute approximate surface area is 108 Å². The summed E-state index contributed by atoms with van der Waals surface area (Å²) < 4.78 is 5.57. The first-order chi connectivity index (χ1) is 8.68. The Balaban J connectivity index is 2.22. The summed E-state index contributed by atoms with van der Waals surface area (Å²) in [7, 11) is 1.89. The first-order valence-corrected chi connectivity index (χ1v) is 6.56. The Bertz CT molecular complexity index is 402. The van der Waals surface area contributed by atoms with Gasteiger partial charge < -0.3 is 15.4 Å². The summed E-state index contributed by atoms with van der Waals surface area (Å²) in [4.78, 5) is 8.63. The lowest BCUT2D eigenvalue weighted by Gasteiger charge is -2.35. The molecule has 0 radical (unpaired) electrons. The smallest absolute Gasteiger partial charge is 0.135 e. The van der Waals surface area contributed by atoms with E-state index in [2.05, 4.69) is 34.4 Å². The van der Waals surface area contributed by atoms with Gasteiger partial charge in [0.2, 0.25) is 0 Å². The van der Waals surface area contributed by atoms with Crippen LogP contribution in [0.15, 0.2) is 6.33 Å². The lowest BCUT2D eigenvalue weighted by atomic mass is 9.94. The van der Waals surface area contributed by atoms with Gasteiger partial charge in [-0.1, -0.05) is 6.92 Å². The van der Waals surface area contributed by atoms with Crippen LogP contribution in [-0.2, 0) is 11.2 Å². The number of ether oxygens (including phenoxy) is 1. The summed E-state index contributed by atoms with van der Waals surface area (Å²) in [5.74, 6) is 1.82. The van der Waals surface area contributed by atoms with Crippen LogP contribution in [0.1, 0.15) is 32.3 Å². The molecule has 5 heteroatoms. The third-order valence-electron chi connectivity index (χ3n) is 3.39. The van der Waals surface area contributed by atoms with Crippen molar-refractivity contribution in [3.8, 4) is 0 Å². The molecule has 0 bridgehead atoms. The standard InChI is InChI=1S/C13H22N4O/c1-4-10-11(14-3)15-9-16-12(10)17-13(2)6-5-7-18-8-13/h9H,4-8H2,1-3H3,(H2,14,15,16,17). The van der Waals surface area contributed by atoms with Crippen molar-refractivity contribution in [1.82, 2.24) is 9.97 Å². The summed E-state index contributed by atoms with van der Waals surface area (Å²) in [6.45, 7) is 5.90. The highest BCUT2D eigenvalue weighted by Gasteiger charge is 2.28. The van der Waals surface area contributed by atoms with Crippen molar-refractivity contribution in [2.45, 2.75) is 38.6 Å². The number of nitrogens with one attached hydrogen (secondary N) is 2. The topological polar surface area (TPSA) is 59.1 Å².